The first kappa shape index (κ1) is 15.2. The van der Waals surface area contributed by atoms with Gasteiger partial charge >= 0.3 is 0 Å². The Balaban J connectivity index is 2.10. The third-order valence-electron chi connectivity index (χ3n) is 3.41. The minimum absolute atomic E-state index is 0.0190. The summed E-state index contributed by atoms with van der Waals surface area (Å²) in [6.07, 6.45) is 2.20. The minimum Gasteiger partial charge on any atom is -0.349 e. The van der Waals surface area contributed by atoms with E-state index >= 15 is 0 Å². The molecule has 110 valence electrons. The number of allylic oxidation sites excluding steroid dienone is 1. The Morgan fingerprint density at radius 2 is 2.00 bits per heavy atom. The first-order chi connectivity index (χ1) is 9.48. The molecule has 1 N–H and O–H groups in total. The zero-order valence-corrected chi connectivity index (χ0v) is 12.8. The van der Waals surface area contributed by atoms with Gasteiger partial charge in [0, 0.05) is 6.54 Å². The number of ether oxygens (including phenoxy) is 2. The van der Waals surface area contributed by atoms with Crippen molar-refractivity contribution in [2.24, 2.45) is 0 Å². The van der Waals surface area contributed by atoms with Crippen LogP contribution in [0.25, 0.3) is 0 Å². The van der Waals surface area contributed by atoms with Crippen molar-refractivity contribution in [3.8, 4) is 0 Å². The van der Waals surface area contributed by atoms with E-state index in [0.717, 1.165) is 6.54 Å². The fraction of sp³-hybridized carbons (Fsp3) is 0.529. The molecule has 3 nitrogen and oxygen atoms in total. The number of benzene rings is 1. The van der Waals surface area contributed by atoms with Crippen molar-refractivity contribution < 1.29 is 9.47 Å². The predicted octanol–water partition coefficient (Wildman–Crippen LogP) is 3.44. The first-order valence-corrected chi connectivity index (χ1v) is 7.21. The lowest BCUT2D eigenvalue weighted by molar-refractivity contribution is -0.285. The van der Waals surface area contributed by atoms with Crippen molar-refractivity contribution in [2.45, 2.75) is 45.6 Å². The summed E-state index contributed by atoms with van der Waals surface area (Å²) in [6, 6.07) is 10.5. The summed E-state index contributed by atoms with van der Waals surface area (Å²) in [5, 5.41) is 3.51. The molecule has 0 amide bonds. The van der Waals surface area contributed by atoms with Crippen LogP contribution in [-0.2, 0) is 9.47 Å². The van der Waals surface area contributed by atoms with Crippen molar-refractivity contribution >= 4 is 0 Å². The van der Waals surface area contributed by atoms with Crippen LogP contribution in [-0.4, -0.2) is 25.0 Å². The Kier molecular flexibility index (Phi) is 4.97. The standard InChI is InChI=1S/C17H25NO2/c1-13(2)10-11-18-15-12-19-17(3,4)20-16(15)14-8-6-5-7-9-14/h5-10,15-16,18H,11-12H2,1-4H3/t15-,16-/m0/s1. The maximum absolute atomic E-state index is 6.12. The topological polar surface area (TPSA) is 30.5 Å². The molecule has 0 unspecified atom stereocenters. The van der Waals surface area contributed by atoms with Gasteiger partial charge in [-0.05, 0) is 33.3 Å². The molecule has 0 bridgehead atoms. The highest BCUT2D eigenvalue weighted by atomic mass is 16.7. The quantitative estimate of drug-likeness (QED) is 0.854. The number of hydrogen-bond donors (Lipinski definition) is 1. The fourth-order valence-electron chi connectivity index (χ4n) is 2.32. The third kappa shape index (κ3) is 4.17. The van der Waals surface area contributed by atoms with Crippen molar-refractivity contribution in [2.75, 3.05) is 13.2 Å². The van der Waals surface area contributed by atoms with Crippen LogP contribution in [0.4, 0.5) is 0 Å². The molecule has 2 atom stereocenters. The minimum atomic E-state index is -0.533. The van der Waals surface area contributed by atoms with E-state index in [2.05, 4.69) is 37.4 Å². The van der Waals surface area contributed by atoms with Crippen molar-refractivity contribution in [3.63, 3.8) is 0 Å². The van der Waals surface area contributed by atoms with Gasteiger partial charge in [0.15, 0.2) is 5.79 Å². The smallest absolute Gasteiger partial charge is 0.163 e. The van der Waals surface area contributed by atoms with Crippen LogP contribution in [0.3, 0.4) is 0 Å². The average Bonchev–Trinajstić information content (AvgIpc) is 2.40. The normalized spacial score (nSPS) is 25.2. The Hall–Kier alpha value is -1.16. The second-order valence-electron chi connectivity index (χ2n) is 5.96. The molecule has 1 aromatic rings. The highest BCUT2D eigenvalue weighted by Crippen LogP contribution is 2.32. The van der Waals surface area contributed by atoms with Crippen molar-refractivity contribution in [3.05, 3.63) is 47.5 Å². The Labute approximate surface area is 122 Å². The van der Waals surface area contributed by atoms with Gasteiger partial charge in [-0.15, -0.1) is 0 Å². The molecule has 1 fully saturated rings. The molecule has 0 saturated carbocycles. The summed E-state index contributed by atoms with van der Waals surface area (Å²) >= 11 is 0. The van der Waals surface area contributed by atoms with Gasteiger partial charge in [-0.2, -0.15) is 0 Å². The molecule has 0 aromatic heterocycles. The summed E-state index contributed by atoms with van der Waals surface area (Å²) in [5.74, 6) is -0.533. The highest BCUT2D eigenvalue weighted by molar-refractivity contribution is 5.20. The Morgan fingerprint density at radius 1 is 1.30 bits per heavy atom. The molecule has 1 saturated heterocycles. The maximum Gasteiger partial charge on any atom is 0.163 e. The Morgan fingerprint density at radius 3 is 2.65 bits per heavy atom. The maximum atomic E-state index is 6.12. The van der Waals surface area contributed by atoms with E-state index in [-0.39, 0.29) is 12.1 Å². The summed E-state index contributed by atoms with van der Waals surface area (Å²) in [5.41, 5.74) is 2.50. The molecule has 2 rings (SSSR count). The molecule has 1 aliphatic rings. The molecule has 3 heteroatoms. The third-order valence-corrected chi connectivity index (χ3v) is 3.41. The van der Waals surface area contributed by atoms with Crippen LogP contribution in [0.1, 0.15) is 39.4 Å². The first-order valence-electron chi connectivity index (χ1n) is 7.21. The summed E-state index contributed by atoms with van der Waals surface area (Å²) in [6.45, 7) is 9.64. The van der Waals surface area contributed by atoms with E-state index in [9.17, 15) is 0 Å². The van der Waals surface area contributed by atoms with E-state index in [1.165, 1.54) is 11.1 Å². The van der Waals surface area contributed by atoms with Gasteiger partial charge < -0.3 is 14.8 Å². The van der Waals surface area contributed by atoms with E-state index in [0.29, 0.717) is 6.61 Å². The lowest BCUT2D eigenvalue weighted by atomic mass is 10.0. The summed E-state index contributed by atoms with van der Waals surface area (Å²) < 4.78 is 11.9. The van der Waals surface area contributed by atoms with Crippen LogP contribution in [0.15, 0.2) is 42.0 Å². The monoisotopic (exact) mass is 275 g/mol. The van der Waals surface area contributed by atoms with Gasteiger partial charge in [0.05, 0.1) is 12.6 Å². The second-order valence-corrected chi connectivity index (χ2v) is 5.96. The van der Waals surface area contributed by atoms with E-state index in [1.54, 1.807) is 0 Å². The molecule has 20 heavy (non-hydrogen) atoms. The Bertz CT molecular complexity index is 449. The van der Waals surface area contributed by atoms with Gasteiger partial charge in [-0.1, -0.05) is 42.0 Å². The van der Waals surface area contributed by atoms with Gasteiger partial charge in [0.1, 0.15) is 6.10 Å². The molecule has 1 aromatic carbocycles. The molecule has 1 aliphatic heterocycles. The van der Waals surface area contributed by atoms with E-state index in [1.807, 2.05) is 32.0 Å². The zero-order valence-electron chi connectivity index (χ0n) is 12.8. The van der Waals surface area contributed by atoms with Crippen LogP contribution < -0.4 is 5.32 Å². The largest absolute Gasteiger partial charge is 0.349 e. The lowest BCUT2D eigenvalue weighted by Crippen LogP contribution is -2.50. The van der Waals surface area contributed by atoms with Crippen LogP contribution in [0.5, 0.6) is 0 Å². The molecule has 0 spiro atoms. The average molecular weight is 275 g/mol. The van der Waals surface area contributed by atoms with Crippen LogP contribution in [0.2, 0.25) is 0 Å². The molecule has 0 aliphatic carbocycles. The van der Waals surface area contributed by atoms with Gasteiger partial charge in [-0.25, -0.2) is 0 Å². The fourth-order valence-corrected chi connectivity index (χ4v) is 2.32. The van der Waals surface area contributed by atoms with Crippen LogP contribution >= 0.6 is 0 Å². The molecule has 0 radical (unpaired) electrons. The zero-order chi connectivity index (χ0) is 14.6. The highest BCUT2D eigenvalue weighted by Gasteiger charge is 2.36. The number of rotatable bonds is 4. The molecular formula is C17H25NO2. The van der Waals surface area contributed by atoms with Gasteiger partial charge in [0.25, 0.3) is 0 Å². The van der Waals surface area contributed by atoms with Gasteiger partial charge in [0.2, 0.25) is 0 Å². The molecular weight excluding hydrogens is 250 g/mol. The summed E-state index contributed by atoms with van der Waals surface area (Å²) in [7, 11) is 0. The van der Waals surface area contributed by atoms with E-state index in [4.69, 9.17) is 9.47 Å². The second kappa shape index (κ2) is 6.53. The molecule has 1 heterocycles. The summed E-state index contributed by atoms with van der Waals surface area (Å²) in [4.78, 5) is 0. The van der Waals surface area contributed by atoms with Gasteiger partial charge in [-0.3, -0.25) is 0 Å². The predicted molar refractivity (Wildman–Crippen MR) is 81.5 cm³/mol. The van der Waals surface area contributed by atoms with Crippen molar-refractivity contribution in [1.82, 2.24) is 5.32 Å². The number of nitrogens with one attached hydrogen (secondary N) is 1. The lowest BCUT2D eigenvalue weighted by Gasteiger charge is -2.41. The van der Waals surface area contributed by atoms with Crippen LogP contribution in [0, 0.1) is 0 Å². The van der Waals surface area contributed by atoms with E-state index < -0.39 is 5.79 Å². The van der Waals surface area contributed by atoms with Crippen molar-refractivity contribution in [1.29, 1.82) is 0 Å². The number of hydrogen-bond acceptors (Lipinski definition) is 3. The SMILES string of the molecule is CC(C)=CCN[C@H]1COC(C)(C)O[C@H]1c1ccccc1.